The second-order valence-electron chi connectivity index (χ2n) is 3.36. The molecule has 0 aromatic heterocycles. The summed E-state index contributed by atoms with van der Waals surface area (Å²) in [6.45, 7) is 7.27. The van der Waals surface area contributed by atoms with Crippen molar-refractivity contribution in [3.8, 4) is 0 Å². The Morgan fingerprint density at radius 3 is 2.73 bits per heavy atom. The lowest BCUT2D eigenvalue weighted by molar-refractivity contribution is 0.0208. The summed E-state index contributed by atoms with van der Waals surface area (Å²) in [4.78, 5) is 0. The van der Waals surface area contributed by atoms with Gasteiger partial charge in [-0.15, -0.1) is 0 Å². The Kier molecular flexibility index (Phi) is 3.34. The van der Waals surface area contributed by atoms with Crippen molar-refractivity contribution in [1.82, 2.24) is 5.32 Å². The van der Waals surface area contributed by atoms with E-state index in [2.05, 4.69) is 19.2 Å². The summed E-state index contributed by atoms with van der Waals surface area (Å²) in [5.74, 6) is 0. The summed E-state index contributed by atoms with van der Waals surface area (Å²) in [7, 11) is 0. The van der Waals surface area contributed by atoms with Crippen LogP contribution in [0.5, 0.6) is 0 Å². The number of ether oxygens (including phenoxy) is 1. The second-order valence-corrected chi connectivity index (χ2v) is 3.36. The van der Waals surface area contributed by atoms with Gasteiger partial charge in [0.05, 0.1) is 13.2 Å². The minimum Gasteiger partial charge on any atom is -0.378 e. The van der Waals surface area contributed by atoms with E-state index in [0.717, 1.165) is 19.8 Å². The van der Waals surface area contributed by atoms with E-state index < -0.39 is 0 Å². The second kappa shape index (κ2) is 4.07. The maximum Gasteiger partial charge on any atom is 0.0648 e. The molecule has 1 saturated heterocycles. The van der Waals surface area contributed by atoms with Crippen LogP contribution in [0.3, 0.4) is 0 Å². The zero-order valence-electron chi connectivity index (χ0n) is 7.65. The molecule has 0 saturated carbocycles. The van der Waals surface area contributed by atoms with Gasteiger partial charge in [-0.2, -0.15) is 0 Å². The van der Waals surface area contributed by atoms with E-state index in [1.807, 2.05) is 0 Å². The van der Waals surface area contributed by atoms with Crippen LogP contribution in [0.4, 0.5) is 0 Å². The molecule has 1 rings (SSSR count). The fraction of sp³-hybridized carbons (Fsp3) is 1.00. The molecule has 1 atom stereocenters. The molecule has 11 heavy (non-hydrogen) atoms. The molecule has 1 fully saturated rings. The van der Waals surface area contributed by atoms with Crippen molar-refractivity contribution in [3.05, 3.63) is 0 Å². The van der Waals surface area contributed by atoms with Crippen LogP contribution < -0.4 is 5.32 Å². The summed E-state index contributed by atoms with van der Waals surface area (Å²) >= 11 is 0. The topological polar surface area (TPSA) is 21.3 Å². The van der Waals surface area contributed by atoms with Gasteiger partial charge in [0, 0.05) is 12.1 Å². The van der Waals surface area contributed by atoms with Crippen molar-refractivity contribution >= 4 is 0 Å². The minimum atomic E-state index is 0.299. The first-order valence-corrected chi connectivity index (χ1v) is 4.66. The van der Waals surface area contributed by atoms with Gasteiger partial charge in [0.25, 0.3) is 0 Å². The Hall–Kier alpha value is -0.0800. The molecule has 0 bridgehead atoms. The fourth-order valence-electron chi connectivity index (χ4n) is 1.75. The third-order valence-electron chi connectivity index (χ3n) is 2.53. The van der Waals surface area contributed by atoms with Crippen LogP contribution in [0.1, 0.15) is 33.1 Å². The molecule has 2 heteroatoms. The molecule has 0 aliphatic carbocycles. The molecule has 0 radical (unpaired) electrons. The van der Waals surface area contributed by atoms with E-state index in [0.29, 0.717) is 5.54 Å². The summed E-state index contributed by atoms with van der Waals surface area (Å²) in [6.07, 6.45) is 3.66. The van der Waals surface area contributed by atoms with Gasteiger partial charge < -0.3 is 10.1 Å². The molecule has 0 amide bonds. The normalized spacial score (nSPS) is 32.2. The first-order valence-electron chi connectivity index (χ1n) is 4.66. The predicted molar refractivity (Wildman–Crippen MR) is 46.8 cm³/mol. The van der Waals surface area contributed by atoms with Gasteiger partial charge >= 0.3 is 0 Å². The lowest BCUT2D eigenvalue weighted by Crippen LogP contribution is -2.53. The van der Waals surface area contributed by atoms with Crippen molar-refractivity contribution in [1.29, 1.82) is 0 Å². The van der Waals surface area contributed by atoms with Gasteiger partial charge in [0.2, 0.25) is 0 Å². The Morgan fingerprint density at radius 2 is 2.27 bits per heavy atom. The van der Waals surface area contributed by atoms with Crippen LogP contribution in [-0.2, 0) is 4.74 Å². The Morgan fingerprint density at radius 1 is 1.45 bits per heavy atom. The van der Waals surface area contributed by atoms with E-state index in [-0.39, 0.29) is 0 Å². The standard InChI is InChI=1S/C9H19NO/c1-3-5-9(4-2)8-11-7-6-10-9/h10H,3-8H2,1-2H3. The monoisotopic (exact) mass is 157 g/mol. The summed E-state index contributed by atoms with van der Waals surface area (Å²) in [5.41, 5.74) is 0.299. The van der Waals surface area contributed by atoms with Crippen molar-refractivity contribution in [2.75, 3.05) is 19.8 Å². The molecule has 0 spiro atoms. The molecule has 0 aromatic rings. The molecule has 66 valence electrons. The predicted octanol–water partition coefficient (Wildman–Crippen LogP) is 1.56. The number of hydrogen-bond donors (Lipinski definition) is 1. The largest absolute Gasteiger partial charge is 0.378 e. The first-order chi connectivity index (χ1) is 5.33. The zero-order chi connectivity index (χ0) is 8.16. The van der Waals surface area contributed by atoms with E-state index >= 15 is 0 Å². The quantitative estimate of drug-likeness (QED) is 0.671. The average Bonchev–Trinajstić information content (AvgIpc) is 2.07. The Bertz CT molecular complexity index is 103. The number of morpholine rings is 1. The molecule has 2 nitrogen and oxygen atoms in total. The van der Waals surface area contributed by atoms with Crippen LogP contribution >= 0.6 is 0 Å². The molecular weight excluding hydrogens is 138 g/mol. The van der Waals surface area contributed by atoms with Crippen molar-refractivity contribution in [2.24, 2.45) is 0 Å². The lowest BCUT2D eigenvalue weighted by Gasteiger charge is -2.37. The van der Waals surface area contributed by atoms with Gasteiger partial charge in [-0.3, -0.25) is 0 Å². The number of nitrogens with one attached hydrogen (secondary N) is 1. The molecule has 1 aliphatic rings. The number of rotatable bonds is 3. The fourth-order valence-corrected chi connectivity index (χ4v) is 1.75. The lowest BCUT2D eigenvalue weighted by atomic mass is 9.91. The van der Waals surface area contributed by atoms with Crippen LogP contribution in [-0.4, -0.2) is 25.3 Å². The number of hydrogen-bond acceptors (Lipinski definition) is 2. The van der Waals surface area contributed by atoms with Gasteiger partial charge in [0.15, 0.2) is 0 Å². The third kappa shape index (κ3) is 2.17. The van der Waals surface area contributed by atoms with E-state index in [9.17, 15) is 0 Å². The SMILES string of the molecule is CCCC1(CC)COCCN1. The average molecular weight is 157 g/mol. The van der Waals surface area contributed by atoms with E-state index in [4.69, 9.17) is 4.74 Å². The minimum absolute atomic E-state index is 0.299. The van der Waals surface area contributed by atoms with Crippen LogP contribution in [0.25, 0.3) is 0 Å². The third-order valence-corrected chi connectivity index (χ3v) is 2.53. The highest BCUT2D eigenvalue weighted by atomic mass is 16.5. The Balaban J connectivity index is 2.42. The molecule has 1 N–H and O–H groups in total. The zero-order valence-corrected chi connectivity index (χ0v) is 7.65. The highest BCUT2D eigenvalue weighted by Gasteiger charge is 2.28. The van der Waals surface area contributed by atoms with Crippen molar-refractivity contribution < 1.29 is 4.74 Å². The molecule has 1 heterocycles. The van der Waals surface area contributed by atoms with Gasteiger partial charge in [-0.05, 0) is 12.8 Å². The molecular formula is C9H19NO. The van der Waals surface area contributed by atoms with Gasteiger partial charge in [-0.25, -0.2) is 0 Å². The van der Waals surface area contributed by atoms with Crippen LogP contribution in [0, 0.1) is 0 Å². The van der Waals surface area contributed by atoms with E-state index in [1.165, 1.54) is 19.3 Å². The highest BCUT2D eigenvalue weighted by Crippen LogP contribution is 2.19. The van der Waals surface area contributed by atoms with Crippen LogP contribution in [0.2, 0.25) is 0 Å². The summed E-state index contributed by atoms with van der Waals surface area (Å²) in [6, 6.07) is 0. The van der Waals surface area contributed by atoms with E-state index in [1.54, 1.807) is 0 Å². The van der Waals surface area contributed by atoms with Gasteiger partial charge in [0.1, 0.15) is 0 Å². The van der Waals surface area contributed by atoms with Crippen molar-refractivity contribution in [3.63, 3.8) is 0 Å². The molecule has 1 unspecified atom stereocenters. The summed E-state index contributed by atoms with van der Waals surface area (Å²) in [5, 5.41) is 3.56. The summed E-state index contributed by atoms with van der Waals surface area (Å²) < 4.78 is 5.47. The maximum atomic E-state index is 5.47. The molecule has 0 aromatic carbocycles. The highest BCUT2D eigenvalue weighted by molar-refractivity contribution is 4.88. The smallest absolute Gasteiger partial charge is 0.0648 e. The Labute approximate surface area is 69.3 Å². The first kappa shape index (κ1) is 9.01. The van der Waals surface area contributed by atoms with Gasteiger partial charge in [-0.1, -0.05) is 20.3 Å². The molecule has 1 aliphatic heterocycles. The maximum absolute atomic E-state index is 5.47. The van der Waals surface area contributed by atoms with Crippen molar-refractivity contribution in [2.45, 2.75) is 38.6 Å². The van der Waals surface area contributed by atoms with Crippen LogP contribution in [0.15, 0.2) is 0 Å².